The Morgan fingerprint density at radius 2 is 1.65 bits per heavy atom. The molecule has 166 valence electrons. The van der Waals surface area contributed by atoms with Crippen LogP contribution in [0.15, 0.2) is 106 Å². The smallest absolute Gasteiger partial charge is 0.173 e. The molecule has 0 N–H and O–H groups in total. The summed E-state index contributed by atoms with van der Waals surface area (Å²) in [6.45, 7) is 0. The van der Waals surface area contributed by atoms with E-state index in [4.69, 9.17) is 0 Å². The van der Waals surface area contributed by atoms with Gasteiger partial charge in [-0.15, -0.1) is 11.3 Å². The van der Waals surface area contributed by atoms with E-state index in [-0.39, 0.29) is 11.6 Å². The Bertz CT molecular complexity index is 1460. The lowest BCUT2D eigenvalue weighted by molar-refractivity contribution is 0.102. The predicted molar refractivity (Wildman–Crippen MR) is 140 cm³/mol. The summed E-state index contributed by atoms with van der Waals surface area (Å²) in [5.74, 6) is 0.143. The first-order valence-corrected chi connectivity index (χ1v) is 12.5. The van der Waals surface area contributed by atoms with Crippen molar-refractivity contribution in [1.82, 2.24) is 4.98 Å². The van der Waals surface area contributed by atoms with Gasteiger partial charge >= 0.3 is 0 Å². The summed E-state index contributed by atoms with van der Waals surface area (Å²) in [5.41, 5.74) is 5.43. The van der Waals surface area contributed by atoms with E-state index in [9.17, 15) is 9.18 Å². The summed E-state index contributed by atoms with van der Waals surface area (Å²) >= 11 is 3.00. The van der Waals surface area contributed by atoms with Crippen molar-refractivity contribution in [3.8, 4) is 11.1 Å². The van der Waals surface area contributed by atoms with Gasteiger partial charge in [-0.05, 0) is 47.0 Å². The first-order valence-electron chi connectivity index (χ1n) is 10.7. The van der Waals surface area contributed by atoms with Gasteiger partial charge < -0.3 is 0 Å². The molecular formula is C28H19FN2OS2. The highest BCUT2D eigenvalue weighted by molar-refractivity contribution is 8.01. The summed E-state index contributed by atoms with van der Waals surface area (Å²) < 4.78 is 14.9. The maximum atomic E-state index is 13.0. The van der Waals surface area contributed by atoms with Crippen molar-refractivity contribution in [2.45, 2.75) is 4.34 Å². The maximum Gasteiger partial charge on any atom is 0.173 e. The normalized spacial score (nSPS) is 11.3. The third-order valence-corrected chi connectivity index (χ3v) is 7.39. The standard InChI is InChI=1S/C28H19FN2OS2/c29-23-12-6-19(7-13-23)17-30-24-14-15-25-27(16-24)34-28(31-25)33-18-26(32)22-10-8-21(9-11-22)20-4-2-1-3-5-20/h1-17H,18H2. The summed E-state index contributed by atoms with van der Waals surface area (Å²) in [6.07, 6.45) is 1.71. The molecule has 34 heavy (non-hydrogen) atoms. The first kappa shape index (κ1) is 22.2. The molecule has 5 rings (SSSR count). The Labute approximate surface area is 205 Å². The average Bonchev–Trinajstić information content (AvgIpc) is 3.30. The van der Waals surface area contributed by atoms with Gasteiger partial charge in [0, 0.05) is 11.8 Å². The number of carbonyl (C=O) groups is 1. The number of aliphatic imine (C=N–C) groups is 1. The topological polar surface area (TPSA) is 42.3 Å². The van der Waals surface area contributed by atoms with Crippen LogP contribution in [0, 0.1) is 5.82 Å². The molecule has 1 heterocycles. The van der Waals surface area contributed by atoms with Crippen LogP contribution < -0.4 is 0 Å². The number of hydrogen-bond donors (Lipinski definition) is 0. The zero-order valence-corrected chi connectivity index (χ0v) is 19.7. The molecule has 6 heteroatoms. The van der Waals surface area contributed by atoms with Gasteiger partial charge in [0.25, 0.3) is 0 Å². The van der Waals surface area contributed by atoms with Crippen LogP contribution >= 0.6 is 23.1 Å². The number of thiazole rings is 1. The molecule has 0 fully saturated rings. The fraction of sp³-hybridized carbons (Fsp3) is 0.0357. The van der Waals surface area contributed by atoms with E-state index in [0.717, 1.165) is 36.9 Å². The van der Waals surface area contributed by atoms with Gasteiger partial charge in [0.15, 0.2) is 10.1 Å². The van der Waals surface area contributed by atoms with Gasteiger partial charge in [0.1, 0.15) is 5.82 Å². The number of hydrogen-bond acceptors (Lipinski definition) is 5. The van der Waals surface area contributed by atoms with Crippen molar-refractivity contribution in [3.63, 3.8) is 0 Å². The number of ketones is 1. The number of nitrogens with zero attached hydrogens (tertiary/aromatic N) is 2. The largest absolute Gasteiger partial charge is 0.293 e. The van der Waals surface area contributed by atoms with E-state index in [1.165, 1.54) is 23.9 Å². The molecule has 5 aromatic rings. The number of Topliss-reactive ketones (excluding diaryl/α,β-unsaturated/α-hetero) is 1. The van der Waals surface area contributed by atoms with E-state index in [2.05, 4.69) is 22.1 Å². The van der Waals surface area contributed by atoms with Gasteiger partial charge in [0.05, 0.1) is 21.7 Å². The van der Waals surface area contributed by atoms with Crippen molar-refractivity contribution in [1.29, 1.82) is 0 Å². The summed E-state index contributed by atoms with van der Waals surface area (Å²) in [7, 11) is 0. The average molecular weight is 483 g/mol. The molecular weight excluding hydrogens is 463 g/mol. The molecule has 0 atom stereocenters. The zero-order valence-electron chi connectivity index (χ0n) is 18.0. The lowest BCUT2D eigenvalue weighted by atomic mass is 10.0. The van der Waals surface area contributed by atoms with Crippen LogP contribution in [0.4, 0.5) is 10.1 Å². The number of aromatic nitrogens is 1. The Morgan fingerprint density at radius 3 is 2.41 bits per heavy atom. The molecule has 0 saturated carbocycles. The van der Waals surface area contributed by atoms with Crippen LogP contribution in [-0.4, -0.2) is 22.7 Å². The van der Waals surface area contributed by atoms with Crippen molar-refractivity contribution < 1.29 is 9.18 Å². The second-order valence-electron chi connectivity index (χ2n) is 7.60. The minimum absolute atomic E-state index is 0.0773. The molecule has 0 amide bonds. The second kappa shape index (κ2) is 10.1. The lowest BCUT2D eigenvalue weighted by Gasteiger charge is -2.03. The molecule has 0 aliphatic heterocycles. The highest BCUT2D eigenvalue weighted by atomic mass is 32.2. The van der Waals surface area contributed by atoms with Crippen LogP contribution in [0.5, 0.6) is 0 Å². The number of benzene rings is 4. The fourth-order valence-corrected chi connectivity index (χ4v) is 5.42. The molecule has 0 bridgehead atoms. The Balaban J connectivity index is 1.23. The van der Waals surface area contributed by atoms with Crippen molar-refractivity contribution in [2.75, 3.05) is 5.75 Å². The molecule has 1 aromatic heterocycles. The monoisotopic (exact) mass is 482 g/mol. The van der Waals surface area contributed by atoms with Crippen LogP contribution in [-0.2, 0) is 0 Å². The SMILES string of the molecule is O=C(CSc1nc2ccc(N=Cc3ccc(F)cc3)cc2s1)c1ccc(-c2ccccc2)cc1. The molecule has 0 aliphatic carbocycles. The minimum Gasteiger partial charge on any atom is -0.293 e. The highest BCUT2D eigenvalue weighted by Gasteiger charge is 2.11. The van der Waals surface area contributed by atoms with E-state index in [1.54, 1.807) is 29.7 Å². The van der Waals surface area contributed by atoms with Crippen molar-refractivity contribution >= 4 is 51.0 Å². The zero-order chi connectivity index (χ0) is 23.3. The molecule has 0 saturated heterocycles. The third kappa shape index (κ3) is 5.30. The van der Waals surface area contributed by atoms with Crippen molar-refractivity contribution in [3.05, 3.63) is 114 Å². The van der Waals surface area contributed by atoms with E-state index < -0.39 is 0 Å². The Morgan fingerprint density at radius 1 is 0.912 bits per heavy atom. The molecule has 4 aromatic carbocycles. The first-order chi connectivity index (χ1) is 16.6. The molecule has 0 aliphatic rings. The van der Waals surface area contributed by atoms with Gasteiger partial charge in [-0.2, -0.15) is 0 Å². The minimum atomic E-state index is -0.268. The van der Waals surface area contributed by atoms with E-state index in [1.807, 2.05) is 60.7 Å². The molecule has 0 spiro atoms. The van der Waals surface area contributed by atoms with Crippen LogP contribution in [0.1, 0.15) is 15.9 Å². The van der Waals surface area contributed by atoms with Gasteiger partial charge in [0.2, 0.25) is 0 Å². The summed E-state index contributed by atoms with van der Waals surface area (Å²) in [4.78, 5) is 21.8. The second-order valence-corrected chi connectivity index (χ2v) is 9.85. The molecule has 0 radical (unpaired) electrons. The molecule has 0 unspecified atom stereocenters. The maximum absolute atomic E-state index is 13.0. The highest BCUT2D eigenvalue weighted by Crippen LogP contribution is 2.32. The van der Waals surface area contributed by atoms with Gasteiger partial charge in [-0.25, -0.2) is 9.37 Å². The molecule has 3 nitrogen and oxygen atoms in total. The van der Waals surface area contributed by atoms with E-state index >= 15 is 0 Å². The predicted octanol–water partition coefficient (Wildman–Crippen LogP) is 7.83. The van der Waals surface area contributed by atoms with Crippen LogP contribution in [0.2, 0.25) is 0 Å². The van der Waals surface area contributed by atoms with Crippen molar-refractivity contribution in [2.24, 2.45) is 4.99 Å². The van der Waals surface area contributed by atoms with Gasteiger partial charge in [-0.3, -0.25) is 9.79 Å². The quantitative estimate of drug-likeness (QED) is 0.135. The van der Waals surface area contributed by atoms with Crippen LogP contribution in [0.3, 0.4) is 0 Å². The van der Waals surface area contributed by atoms with Gasteiger partial charge in [-0.1, -0.05) is 78.5 Å². The van der Waals surface area contributed by atoms with E-state index in [0.29, 0.717) is 11.3 Å². The Kier molecular flexibility index (Phi) is 6.60. The lowest BCUT2D eigenvalue weighted by Crippen LogP contribution is -2.01. The fourth-order valence-electron chi connectivity index (χ4n) is 3.42. The third-order valence-electron chi connectivity index (χ3n) is 5.23. The number of thioether (sulfide) groups is 1. The number of rotatable bonds is 7. The number of halogens is 1. The number of fused-ring (bicyclic) bond motifs is 1. The Hall–Kier alpha value is -3.61. The number of carbonyl (C=O) groups excluding carboxylic acids is 1. The summed E-state index contributed by atoms with van der Waals surface area (Å²) in [5, 5.41) is 0. The summed E-state index contributed by atoms with van der Waals surface area (Å²) in [6, 6.07) is 29.8. The van der Waals surface area contributed by atoms with Crippen LogP contribution in [0.25, 0.3) is 21.3 Å².